The summed E-state index contributed by atoms with van der Waals surface area (Å²) in [7, 11) is 1.65. The summed E-state index contributed by atoms with van der Waals surface area (Å²) in [5, 5.41) is 4.44. The molecule has 0 spiro atoms. The third-order valence-electron chi connectivity index (χ3n) is 6.18. The molecule has 0 bridgehead atoms. The molecule has 3 aromatic rings. The van der Waals surface area contributed by atoms with Crippen molar-refractivity contribution in [2.75, 3.05) is 20.2 Å². The molecular weight excluding hydrogens is 438 g/mol. The molecule has 1 saturated heterocycles. The maximum atomic E-state index is 13.7. The van der Waals surface area contributed by atoms with Crippen molar-refractivity contribution in [2.24, 2.45) is 5.16 Å². The largest absolute Gasteiger partial charge is 0.495 e. The second-order valence-corrected chi connectivity index (χ2v) is 8.61. The number of halogens is 2. The number of benzene rings is 2. The first-order valence-corrected chi connectivity index (χ1v) is 11.3. The fraction of sp³-hybridized carbons (Fsp3) is 0.308. The number of aryl methyl sites for hydroxylation is 1. The normalized spacial score (nSPS) is 19.3. The minimum Gasteiger partial charge on any atom is -0.495 e. The molecule has 5 rings (SSSR count). The molecule has 0 saturated carbocycles. The predicted molar refractivity (Wildman–Crippen MR) is 126 cm³/mol. The number of methoxy groups -OCH3 is 1. The number of oxime groups is 1. The molecule has 2 aliphatic heterocycles. The Morgan fingerprint density at radius 3 is 2.68 bits per heavy atom. The van der Waals surface area contributed by atoms with E-state index in [1.54, 1.807) is 13.4 Å². The maximum absolute atomic E-state index is 13.7. The average Bonchev–Trinajstić information content (AvgIpc) is 3.12. The van der Waals surface area contributed by atoms with E-state index in [0.717, 1.165) is 59.6 Å². The summed E-state index contributed by atoms with van der Waals surface area (Å²) in [6, 6.07) is 9.52. The first-order valence-electron chi connectivity index (χ1n) is 11.3. The molecule has 0 amide bonds. The van der Waals surface area contributed by atoms with Crippen molar-refractivity contribution in [3.8, 4) is 11.4 Å². The monoisotopic (exact) mass is 464 g/mol. The van der Waals surface area contributed by atoms with E-state index in [-0.39, 0.29) is 0 Å². The number of ether oxygens (including phenoxy) is 1. The summed E-state index contributed by atoms with van der Waals surface area (Å²) >= 11 is 0. The number of rotatable bonds is 4. The van der Waals surface area contributed by atoms with Gasteiger partial charge in [-0.3, -0.25) is 0 Å². The Bertz CT molecular complexity index is 1250. The topological polar surface area (TPSA) is 51.9 Å². The Kier molecular flexibility index (Phi) is 6.04. The lowest BCUT2D eigenvalue weighted by Gasteiger charge is -2.29. The van der Waals surface area contributed by atoms with Crippen molar-refractivity contribution >= 4 is 11.9 Å². The second-order valence-electron chi connectivity index (χ2n) is 8.61. The van der Waals surface area contributed by atoms with Gasteiger partial charge < -0.3 is 19.0 Å². The summed E-state index contributed by atoms with van der Waals surface area (Å²) in [6.45, 7) is 3.51. The molecule has 176 valence electrons. The van der Waals surface area contributed by atoms with Crippen molar-refractivity contribution in [1.29, 1.82) is 0 Å². The van der Waals surface area contributed by atoms with E-state index in [1.807, 2.05) is 35.9 Å². The fourth-order valence-corrected chi connectivity index (χ4v) is 4.53. The van der Waals surface area contributed by atoms with E-state index in [9.17, 15) is 8.78 Å². The smallest absolute Gasteiger partial charge is 0.171 e. The molecule has 0 N–H and O–H groups in total. The van der Waals surface area contributed by atoms with E-state index < -0.39 is 17.7 Å². The SMILES string of the molecule is COc1cc(/C=C2\CCCN3CC[C@H](c4cc(F)cc(F)c4)ON=C23)ccc1-n1cnc(C)c1. The number of amidine groups is 1. The van der Waals surface area contributed by atoms with Crippen LogP contribution in [0.4, 0.5) is 8.78 Å². The van der Waals surface area contributed by atoms with Gasteiger partial charge in [0.2, 0.25) is 0 Å². The molecule has 1 aromatic heterocycles. The standard InChI is InChI=1S/C26H26F2N4O2/c1-17-15-32(16-29-17)23-6-5-18(11-25(23)33-2)10-19-4-3-8-31-9-7-24(34-30-26(19)31)20-12-21(27)14-22(28)13-20/h5-6,10-16,24H,3-4,7-9H2,1-2H3/b19-10+/t24-/m1/s1. The number of nitrogens with zero attached hydrogens (tertiary/aromatic N) is 4. The lowest BCUT2D eigenvalue weighted by molar-refractivity contribution is 0.0572. The minimum absolute atomic E-state index is 0.460. The van der Waals surface area contributed by atoms with E-state index >= 15 is 0 Å². The first-order chi connectivity index (χ1) is 16.5. The first kappa shape index (κ1) is 22.1. The Labute approximate surface area is 197 Å². The van der Waals surface area contributed by atoms with Gasteiger partial charge in [-0.15, -0.1) is 0 Å². The third-order valence-corrected chi connectivity index (χ3v) is 6.18. The van der Waals surface area contributed by atoms with Gasteiger partial charge in [0.25, 0.3) is 0 Å². The van der Waals surface area contributed by atoms with Gasteiger partial charge in [0.05, 0.1) is 24.8 Å². The van der Waals surface area contributed by atoms with Crippen LogP contribution in [0.5, 0.6) is 5.75 Å². The zero-order chi connectivity index (χ0) is 23.7. The molecule has 6 nitrogen and oxygen atoms in total. The van der Waals surface area contributed by atoms with Crippen LogP contribution < -0.4 is 4.74 Å². The molecule has 0 radical (unpaired) electrons. The predicted octanol–water partition coefficient (Wildman–Crippen LogP) is 5.42. The fourth-order valence-electron chi connectivity index (χ4n) is 4.53. The quantitative estimate of drug-likeness (QED) is 0.517. The van der Waals surface area contributed by atoms with Crippen molar-refractivity contribution in [2.45, 2.75) is 32.3 Å². The zero-order valence-corrected chi connectivity index (χ0v) is 19.2. The van der Waals surface area contributed by atoms with Gasteiger partial charge in [-0.1, -0.05) is 11.2 Å². The molecule has 1 fully saturated rings. The van der Waals surface area contributed by atoms with Crippen molar-refractivity contribution < 1.29 is 18.4 Å². The molecular formula is C26H26F2N4O2. The maximum Gasteiger partial charge on any atom is 0.171 e. The number of hydrogen-bond donors (Lipinski definition) is 0. The zero-order valence-electron chi connectivity index (χ0n) is 19.2. The van der Waals surface area contributed by atoms with Crippen LogP contribution in [0, 0.1) is 18.6 Å². The number of imidazole rings is 1. The minimum atomic E-state index is -0.614. The van der Waals surface area contributed by atoms with E-state index in [4.69, 9.17) is 9.57 Å². The molecule has 2 aliphatic rings. The lowest BCUT2D eigenvalue weighted by Crippen LogP contribution is -2.37. The molecule has 1 atom stereocenters. The number of piperidine rings is 1. The molecule has 0 unspecified atom stereocenters. The Morgan fingerprint density at radius 1 is 1.12 bits per heavy atom. The van der Waals surface area contributed by atoms with Crippen LogP contribution in [0.3, 0.4) is 0 Å². The van der Waals surface area contributed by atoms with E-state index in [0.29, 0.717) is 18.5 Å². The van der Waals surface area contributed by atoms with Gasteiger partial charge in [0.1, 0.15) is 17.4 Å². The van der Waals surface area contributed by atoms with Crippen LogP contribution in [-0.4, -0.2) is 40.5 Å². The van der Waals surface area contributed by atoms with E-state index in [1.165, 1.54) is 12.1 Å². The van der Waals surface area contributed by atoms with Crippen LogP contribution >= 0.6 is 0 Å². The van der Waals surface area contributed by atoms with Gasteiger partial charge in [0.15, 0.2) is 11.9 Å². The number of hydrogen-bond acceptors (Lipinski definition) is 5. The van der Waals surface area contributed by atoms with Crippen molar-refractivity contribution in [3.05, 3.63) is 83.0 Å². The van der Waals surface area contributed by atoms with Gasteiger partial charge in [-0.2, -0.15) is 0 Å². The molecule has 2 aromatic carbocycles. The van der Waals surface area contributed by atoms with Crippen LogP contribution in [0.25, 0.3) is 11.8 Å². The molecule has 8 heteroatoms. The van der Waals surface area contributed by atoms with Gasteiger partial charge in [0, 0.05) is 37.3 Å². The average molecular weight is 465 g/mol. The van der Waals surface area contributed by atoms with Crippen LogP contribution in [0.2, 0.25) is 0 Å². The number of aromatic nitrogens is 2. The Balaban J connectivity index is 1.43. The Hall–Kier alpha value is -3.68. The van der Waals surface area contributed by atoms with Gasteiger partial charge in [-0.25, -0.2) is 13.8 Å². The van der Waals surface area contributed by atoms with Gasteiger partial charge >= 0.3 is 0 Å². The summed E-state index contributed by atoms with van der Waals surface area (Å²) in [6.07, 6.45) is 7.77. The molecule has 34 heavy (non-hydrogen) atoms. The molecule has 3 heterocycles. The second kappa shape index (κ2) is 9.29. The highest BCUT2D eigenvalue weighted by molar-refractivity contribution is 6.02. The highest BCUT2D eigenvalue weighted by Gasteiger charge is 2.28. The summed E-state index contributed by atoms with van der Waals surface area (Å²) < 4.78 is 35.0. The van der Waals surface area contributed by atoms with Crippen LogP contribution in [0.1, 0.15) is 42.2 Å². The number of fused-ring (bicyclic) bond motifs is 1. The summed E-state index contributed by atoms with van der Waals surface area (Å²) in [5.74, 6) is 0.291. The summed E-state index contributed by atoms with van der Waals surface area (Å²) in [4.78, 5) is 12.3. The lowest BCUT2D eigenvalue weighted by atomic mass is 9.99. The Morgan fingerprint density at radius 2 is 1.94 bits per heavy atom. The van der Waals surface area contributed by atoms with Crippen molar-refractivity contribution in [3.63, 3.8) is 0 Å². The summed E-state index contributed by atoms with van der Waals surface area (Å²) in [5.41, 5.74) is 4.36. The van der Waals surface area contributed by atoms with Crippen LogP contribution in [0.15, 0.2) is 59.7 Å². The third kappa shape index (κ3) is 4.53. The van der Waals surface area contributed by atoms with Crippen LogP contribution in [-0.2, 0) is 4.84 Å². The highest BCUT2D eigenvalue weighted by Crippen LogP contribution is 2.31. The van der Waals surface area contributed by atoms with Gasteiger partial charge in [-0.05, 0) is 61.2 Å². The highest BCUT2D eigenvalue weighted by atomic mass is 19.1. The van der Waals surface area contributed by atoms with E-state index in [2.05, 4.69) is 21.1 Å². The van der Waals surface area contributed by atoms with Crippen molar-refractivity contribution in [1.82, 2.24) is 14.5 Å². The molecule has 0 aliphatic carbocycles.